The normalized spacial score (nSPS) is 16.6. The number of ether oxygens (including phenoxy) is 1. The molecule has 36 heavy (non-hydrogen) atoms. The molecule has 2 aromatic carbocycles. The Labute approximate surface area is 212 Å². The maximum Gasteiger partial charge on any atom is 0.262 e. The molecular weight excluding hydrogens is 452 g/mol. The molecule has 1 aliphatic heterocycles. The number of rotatable bonds is 10. The van der Waals surface area contributed by atoms with Gasteiger partial charge in [0.2, 0.25) is 5.91 Å². The molecule has 7 heteroatoms. The lowest BCUT2D eigenvalue weighted by Crippen LogP contribution is -2.34. The van der Waals surface area contributed by atoms with E-state index in [1.807, 2.05) is 42.5 Å². The van der Waals surface area contributed by atoms with E-state index < -0.39 is 0 Å². The molecule has 190 valence electrons. The summed E-state index contributed by atoms with van der Waals surface area (Å²) in [5, 5.41) is 3.44. The smallest absolute Gasteiger partial charge is 0.262 e. The number of amides is 1. The van der Waals surface area contributed by atoms with Crippen LogP contribution >= 0.6 is 0 Å². The number of nitrogens with zero attached hydrogens (tertiary/aromatic N) is 3. The zero-order valence-electron chi connectivity index (χ0n) is 21.0. The van der Waals surface area contributed by atoms with Gasteiger partial charge in [-0.25, -0.2) is 4.98 Å². The van der Waals surface area contributed by atoms with E-state index in [2.05, 4.69) is 10.2 Å². The van der Waals surface area contributed by atoms with Crippen molar-refractivity contribution in [1.82, 2.24) is 19.8 Å². The first-order valence-corrected chi connectivity index (χ1v) is 13.4. The Kier molecular flexibility index (Phi) is 7.96. The minimum atomic E-state index is -0.226. The van der Waals surface area contributed by atoms with Gasteiger partial charge in [-0.1, -0.05) is 43.2 Å². The van der Waals surface area contributed by atoms with Gasteiger partial charge in [-0.15, -0.1) is 0 Å². The van der Waals surface area contributed by atoms with Gasteiger partial charge in [0.15, 0.2) is 0 Å². The molecule has 0 radical (unpaired) electrons. The van der Waals surface area contributed by atoms with E-state index >= 15 is 0 Å². The van der Waals surface area contributed by atoms with E-state index in [0.717, 1.165) is 31.4 Å². The second-order valence-electron chi connectivity index (χ2n) is 10.1. The fraction of sp³-hybridized carbons (Fsp3) is 0.483. The molecule has 7 nitrogen and oxygen atoms in total. The van der Waals surface area contributed by atoms with E-state index in [1.165, 1.54) is 43.3 Å². The van der Waals surface area contributed by atoms with Crippen molar-refractivity contribution in [3.63, 3.8) is 0 Å². The molecule has 0 spiro atoms. The summed E-state index contributed by atoms with van der Waals surface area (Å²) >= 11 is 0. The van der Waals surface area contributed by atoms with Crippen molar-refractivity contribution in [3.8, 4) is 17.1 Å². The van der Waals surface area contributed by atoms with Crippen LogP contribution in [0.15, 0.2) is 53.3 Å². The minimum Gasteiger partial charge on any atom is -0.494 e. The fourth-order valence-corrected chi connectivity index (χ4v) is 4.86. The first-order chi connectivity index (χ1) is 17.7. The minimum absolute atomic E-state index is 0.0559. The first kappa shape index (κ1) is 24.5. The highest BCUT2D eigenvalue weighted by Crippen LogP contribution is 2.27. The van der Waals surface area contributed by atoms with E-state index in [0.29, 0.717) is 41.5 Å². The Balaban J connectivity index is 1.33. The van der Waals surface area contributed by atoms with Gasteiger partial charge < -0.3 is 15.0 Å². The monoisotopic (exact) mass is 488 g/mol. The number of fused-ring (bicyclic) bond motifs is 1. The SMILES string of the molecule is O=C(Cn1c(-c2ccccc2)nc2ccc(OCCCN3CCCCCC3)cc2c1=O)NCC1CC1. The van der Waals surface area contributed by atoms with Gasteiger partial charge in [-0.3, -0.25) is 14.2 Å². The van der Waals surface area contributed by atoms with Gasteiger partial charge in [0.05, 0.1) is 17.5 Å². The van der Waals surface area contributed by atoms with E-state index in [-0.39, 0.29) is 18.0 Å². The zero-order chi connectivity index (χ0) is 24.7. The summed E-state index contributed by atoms with van der Waals surface area (Å²) < 4.78 is 7.51. The molecule has 5 rings (SSSR count). The van der Waals surface area contributed by atoms with Crippen LogP contribution < -0.4 is 15.6 Å². The van der Waals surface area contributed by atoms with Gasteiger partial charge in [0, 0.05) is 18.7 Å². The summed E-state index contributed by atoms with van der Waals surface area (Å²) in [6.45, 7) is 4.62. The van der Waals surface area contributed by atoms with Crippen LogP contribution in [0.4, 0.5) is 0 Å². The Bertz CT molecular complexity index is 1230. The standard InChI is InChI=1S/C29H36N4O3/c34-27(30-20-22-11-12-22)21-33-28(23-9-4-3-5-10-23)31-26-14-13-24(19-25(26)29(33)35)36-18-8-17-32-15-6-1-2-7-16-32/h3-5,9-10,13-14,19,22H,1-2,6-8,11-12,15-18,20-21H2,(H,30,34). The van der Waals surface area contributed by atoms with Crippen LogP contribution in [0.3, 0.4) is 0 Å². The summed E-state index contributed by atoms with van der Waals surface area (Å²) in [5.41, 5.74) is 1.18. The summed E-state index contributed by atoms with van der Waals surface area (Å²) in [6, 6.07) is 15.0. The maximum atomic E-state index is 13.6. The van der Waals surface area contributed by atoms with Crippen molar-refractivity contribution in [2.45, 2.75) is 51.5 Å². The molecule has 0 bridgehead atoms. The molecule has 1 aliphatic carbocycles. The van der Waals surface area contributed by atoms with Crippen molar-refractivity contribution < 1.29 is 9.53 Å². The molecular formula is C29H36N4O3. The third-order valence-corrected chi connectivity index (χ3v) is 7.13. The molecule has 1 N–H and O–H groups in total. The Morgan fingerprint density at radius 3 is 2.56 bits per heavy atom. The Hall–Kier alpha value is -3.19. The number of likely N-dealkylation sites (tertiary alicyclic amines) is 1. The van der Waals surface area contributed by atoms with Crippen molar-refractivity contribution in [3.05, 3.63) is 58.9 Å². The molecule has 2 aliphatic rings. The van der Waals surface area contributed by atoms with Crippen LogP contribution in [0.5, 0.6) is 5.75 Å². The Morgan fingerprint density at radius 2 is 1.81 bits per heavy atom. The second kappa shape index (κ2) is 11.7. The highest BCUT2D eigenvalue weighted by Gasteiger charge is 2.22. The highest BCUT2D eigenvalue weighted by atomic mass is 16.5. The summed E-state index contributed by atoms with van der Waals surface area (Å²) in [5.74, 6) is 1.58. The van der Waals surface area contributed by atoms with Gasteiger partial charge >= 0.3 is 0 Å². The summed E-state index contributed by atoms with van der Waals surface area (Å²) in [6.07, 6.45) is 8.52. The number of nitrogens with one attached hydrogen (secondary N) is 1. The lowest BCUT2D eigenvalue weighted by Gasteiger charge is -2.19. The predicted molar refractivity (Wildman–Crippen MR) is 142 cm³/mol. The molecule has 0 unspecified atom stereocenters. The van der Waals surface area contributed by atoms with E-state index in [4.69, 9.17) is 9.72 Å². The quantitative estimate of drug-likeness (QED) is 0.432. The number of aromatic nitrogens is 2. The fourth-order valence-electron chi connectivity index (χ4n) is 4.86. The van der Waals surface area contributed by atoms with Gasteiger partial charge in [-0.2, -0.15) is 0 Å². The van der Waals surface area contributed by atoms with Gasteiger partial charge in [0.1, 0.15) is 18.1 Å². The molecule has 1 aromatic heterocycles. The van der Waals surface area contributed by atoms with Crippen LogP contribution in [-0.2, 0) is 11.3 Å². The van der Waals surface area contributed by atoms with Crippen molar-refractivity contribution in [2.24, 2.45) is 5.92 Å². The maximum absolute atomic E-state index is 13.6. The number of hydrogen-bond donors (Lipinski definition) is 1. The van der Waals surface area contributed by atoms with Crippen LogP contribution in [-0.4, -0.2) is 53.1 Å². The Morgan fingerprint density at radius 1 is 1.03 bits per heavy atom. The molecule has 1 amide bonds. The van der Waals surface area contributed by atoms with Crippen molar-refractivity contribution >= 4 is 16.8 Å². The number of benzene rings is 2. The molecule has 0 atom stereocenters. The van der Waals surface area contributed by atoms with Crippen LogP contribution in [0, 0.1) is 5.92 Å². The van der Waals surface area contributed by atoms with Crippen molar-refractivity contribution in [2.75, 3.05) is 32.8 Å². The number of carbonyl (C=O) groups excluding carboxylic acids is 1. The molecule has 3 aromatic rings. The first-order valence-electron chi connectivity index (χ1n) is 13.4. The molecule has 1 saturated carbocycles. The van der Waals surface area contributed by atoms with Crippen LogP contribution in [0.2, 0.25) is 0 Å². The molecule has 2 fully saturated rings. The van der Waals surface area contributed by atoms with Crippen LogP contribution in [0.25, 0.3) is 22.3 Å². The molecule has 1 saturated heterocycles. The summed E-state index contributed by atoms with van der Waals surface area (Å²) in [7, 11) is 0. The predicted octanol–water partition coefficient (Wildman–Crippen LogP) is 4.23. The van der Waals surface area contributed by atoms with Crippen molar-refractivity contribution in [1.29, 1.82) is 0 Å². The van der Waals surface area contributed by atoms with E-state index in [1.54, 1.807) is 6.07 Å². The topological polar surface area (TPSA) is 76.5 Å². The third kappa shape index (κ3) is 6.32. The van der Waals surface area contributed by atoms with Crippen LogP contribution in [0.1, 0.15) is 44.9 Å². The van der Waals surface area contributed by atoms with Gasteiger partial charge in [0.25, 0.3) is 5.56 Å². The second-order valence-corrected chi connectivity index (χ2v) is 10.1. The third-order valence-electron chi connectivity index (χ3n) is 7.13. The molecule has 2 heterocycles. The lowest BCUT2D eigenvalue weighted by atomic mass is 10.1. The highest BCUT2D eigenvalue weighted by molar-refractivity contribution is 5.82. The number of carbonyl (C=O) groups is 1. The average Bonchev–Trinajstić information content (AvgIpc) is 3.75. The summed E-state index contributed by atoms with van der Waals surface area (Å²) in [4.78, 5) is 33.6. The average molecular weight is 489 g/mol. The van der Waals surface area contributed by atoms with E-state index in [9.17, 15) is 9.59 Å². The number of hydrogen-bond acceptors (Lipinski definition) is 5. The largest absolute Gasteiger partial charge is 0.494 e. The van der Waals surface area contributed by atoms with Gasteiger partial charge in [-0.05, 0) is 69.3 Å². The zero-order valence-corrected chi connectivity index (χ0v) is 21.0. The lowest BCUT2D eigenvalue weighted by molar-refractivity contribution is -0.121.